The van der Waals surface area contributed by atoms with Crippen molar-refractivity contribution in [2.45, 2.75) is 25.7 Å². The minimum Gasteiger partial charge on any atom is -0.463 e. The van der Waals surface area contributed by atoms with Crippen LogP contribution in [0.5, 0.6) is 0 Å². The molecule has 0 fully saturated rings. The summed E-state index contributed by atoms with van der Waals surface area (Å²) in [5.74, 6) is -0.415. The summed E-state index contributed by atoms with van der Waals surface area (Å²) in [5, 5.41) is 2.99. The highest BCUT2D eigenvalue weighted by molar-refractivity contribution is 5.95. The Morgan fingerprint density at radius 2 is 1.68 bits per heavy atom. The molecule has 2 aromatic rings. The van der Waals surface area contributed by atoms with Crippen LogP contribution in [0.15, 0.2) is 67.3 Å². The number of rotatable bonds is 9. The molecule has 0 radical (unpaired) electrons. The molecule has 2 aromatic carbocycles. The Kier molecular flexibility index (Phi) is 7.44. The molecule has 0 heterocycles. The average Bonchev–Trinajstić information content (AvgIpc) is 2.65. The van der Waals surface area contributed by atoms with Crippen molar-refractivity contribution in [3.63, 3.8) is 0 Å². The number of ether oxygens (including phenoxy) is 1. The van der Waals surface area contributed by atoms with Gasteiger partial charge in [-0.15, -0.1) is 0 Å². The zero-order valence-electron chi connectivity index (χ0n) is 14.2. The fraction of sp³-hybridized carbons (Fsp3) is 0.238. The minimum atomic E-state index is -0.407. The predicted molar refractivity (Wildman–Crippen MR) is 100 cm³/mol. The molecule has 1 N–H and O–H groups in total. The van der Waals surface area contributed by atoms with E-state index in [4.69, 9.17) is 4.74 Å². The van der Waals surface area contributed by atoms with E-state index >= 15 is 0 Å². The van der Waals surface area contributed by atoms with Gasteiger partial charge in [0.05, 0.1) is 6.61 Å². The van der Waals surface area contributed by atoms with E-state index in [1.54, 1.807) is 0 Å². The first-order valence-electron chi connectivity index (χ1n) is 8.44. The molecule has 0 aromatic heterocycles. The molecule has 0 bridgehead atoms. The van der Waals surface area contributed by atoms with E-state index in [-0.39, 0.29) is 5.91 Å². The lowest BCUT2D eigenvalue weighted by molar-refractivity contribution is -0.137. The molecule has 0 saturated carbocycles. The van der Waals surface area contributed by atoms with Crippen LogP contribution >= 0.6 is 0 Å². The van der Waals surface area contributed by atoms with Gasteiger partial charge in [-0.3, -0.25) is 4.79 Å². The zero-order valence-corrected chi connectivity index (χ0v) is 14.2. The SMILES string of the molecule is C=CC(=O)OCCCCCC(=O)Nc1ccccc1-c1ccccc1. The van der Waals surface area contributed by atoms with Gasteiger partial charge in [0.2, 0.25) is 5.91 Å². The van der Waals surface area contributed by atoms with Crippen LogP contribution in [-0.2, 0) is 14.3 Å². The van der Waals surface area contributed by atoms with Crippen molar-refractivity contribution in [2.75, 3.05) is 11.9 Å². The number of anilines is 1. The number of hydrogen-bond acceptors (Lipinski definition) is 3. The molecule has 0 saturated heterocycles. The predicted octanol–water partition coefficient (Wildman–Crippen LogP) is 4.58. The largest absolute Gasteiger partial charge is 0.463 e. The van der Waals surface area contributed by atoms with E-state index in [1.165, 1.54) is 0 Å². The molecule has 0 aliphatic carbocycles. The topological polar surface area (TPSA) is 55.4 Å². The van der Waals surface area contributed by atoms with Gasteiger partial charge in [-0.05, 0) is 30.9 Å². The number of para-hydroxylation sites is 1. The monoisotopic (exact) mass is 337 g/mol. The highest BCUT2D eigenvalue weighted by Gasteiger charge is 2.08. The van der Waals surface area contributed by atoms with Gasteiger partial charge < -0.3 is 10.1 Å². The second-order valence-electron chi connectivity index (χ2n) is 5.64. The maximum atomic E-state index is 12.2. The molecule has 4 heteroatoms. The number of benzene rings is 2. The van der Waals surface area contributed by atoms with Crippen molar-refractivity contribution in [3.05, 3.63) is 67.3 Å². The molecule has 0 aliphatic heterocycles. The lowest BCUT2D eigenvalue weighted by Crippen LogP contribution is -2.12. The quantitative estimate of drug-likeness (QED) is 0.414. The van der Waals surface area contributed by atoms with Crippen LogP contribution in [0.4, 0.5) is 5.69 Å². The van der Waals surface area contributed by atoms with Crippen molar-refractivity contribution >= 4 is 17.6 Å². The lowest BCUT2D eigenvalue weighted by atomic mass is 10.0. The highest BCUT2D eigenvalue weighted by Crippen LogP contribution is 2.27. The summed E-state index contributed by atoms with van der Waals surface area (Å²) in [4.78, 5) is 23.1. The van der Waals surface area contributed by atoms with E-state index in [1.807, 2.05) is 54.6 Å². The second kappa shape index (κ2) is 10.1. The molecule has 0 atom stereocenters. The van der Waals surface area contributed by atoms with Gasteiger partial charge in [-0.1, -0.05) is 55.1 Å². The molecule has 0 spiro atoms. The summed E-state index contributed by atoms with van der Waals surface area (Å²) in [6.07, 6.45) is 3.92. The van der Waals surface area contributed by atoms with Crippen LogP contribution in [0.25, 0.3) is 11.1 Å². The fourth-order valence-corrected chi connectivity index (χ4v) is 2.47. The van der Waals surface area contributed by atoms with Gasteiger partial charge in [0.25, 0.3) is 0 Å². The first-order valence-corrected chi connectivity index (χ1v) is 8.44. The molecule has 2 rings (SSSR count). The summed E-state index contributed by atoms with van der Waals surface area (Å²) >= 11 is 0. The Morgan fingerprint density at radius 1 is 0.960 bits per heavy atom. The van der Waals surface area contributed by atoms with E-state index in [9.17, 15) is 9.59 Å². The fourth-order valence-electron chi connectivity index (χ4n) is 2.47. The maximum absolute atomic E-state index is 12.2. The number of nitrogens with one attached hydrogen (secondary N) is 1. The molecule has 0 aliphatic rings. The standard InChI is InChI=1S/C21H23NO3/c1-2-21(24)25-16-10-4-7-15-20(23)22-19-14-9-8-13-18(19)17-11-5-3-6-12-17/h2-3,5-6,8-9,11-14H,1,4,7,10,15-16H2,(H,22,23). The van der Waals surface area contributed by atoms with E-state index in [2.05, 4.69) is 11.9 Å². The third-order valence-electron chi connectivity index (χ3n) is 3.75. The summed E-state index contributed by atoms with van der Waals surface area (Å²) < 4.78 is 4.90. The molecular weight excluding hydrogens is 314 g/mol. The van der Waals surface area contributed by atoms with Crippen LogP contribution in [0.1, 0.15) is 25.7 Å². The third kappa shape index (κ3) is 6.26. The number of hydrogen-bond donors (Lipinski definition) is 1. The Bertz CT molecular complexity index is 710. The number of carbonyl (C=O) groups is 2. The molecule has 25 heavy (non-hydrogen) atoms. The maximum Gasteiger partial charge on any atom is 0.330 e. The van der Waals surface area contributed by atoms with Crippen LogP contribution in [0, 0.1) is 0 Å². The van der Waals surface area contributed by atoms with Crippen molar-refractivity contribution in [3.8, 4) is 11.1 Å². The number of esters is 1. The Labute approximate surface area is 148 Å². The van der Waals surface area contributed by atoms with E-state index in [0.29, 0.717) is 13.0 Å². The Morgan fingerprint density at radius 3 is 2.44 bits per heavy atom. The third-order valence-corrected chi connectivity index (χ3v) is 3.75. The average molecular weight is 337 g/mol. The van der Waals surface area contributed by atoms with Gasteiger partial charge >= 0.3 is 5.97 Å². The van der Waals surface area contributed by atoms with E-state index in [0.717, 1.165) is 42.2 Å². The molecule has 0 unspecified atom stereocenters. The van der Waals surface area contributed by atoms with Crippen LogP contribution in [-0.4, -0.2) is 18.5 Å². The Hall–Kier alpha value is -2.88. The van der Waals surface area contributed by atoms with Gasteiger partial charge in [-0.2, -0.15) is 0 Å². The summed E-state index contributed by atoms with van der Waals surface area (Å²) in [7, 11) is 0. The summed E-state index contributed by atoms with van der Waals surface area (Å²) in [6.45, 7) is 3.70. The highest BCUT2D eigenvalue weighted by atomic mass is 16.5. The molecule has 4 nitrogen and oxygen atoms in total. The molecule has 1 amide bonds. The number of unbranched alkanes of at least 4 members (excludes halogenated alkanes) is 2. The minimum absolute atomic E-state index is 0.00790. The van der Waals surface area contributed by atoms with Gasteiger partial charge in [0.1, 0.15) is 0 Å². The van der Waals surface area contributed by atoms with Gasteiger partial charge in [0, 0.05) is 23.7 Å². The molecule has 130 valence electrons. The zero-order chi connectivity index (χ0) is 17.9. The lowest BCUT2D eigenvalue weighted by Gasteiger charge is -2.11. The second-order valence-corrected chi connectivity index (χ2v) is 5.64. The van der Waals surface area contributed by atoms with Gasteiger partial charge in [0.15, 0.2) is 0 Å². The van der Waals surface area contributed by atoms with Crippen LogP contribution in [0.3, 0.4) is 0 Å². The first kappa shape index (κ1) is 18.5. The summed E-state index contributed by atoms with van der Waals surface area (Å²) in [6, 6.07) is 17.8. The van der Waals surface area contributed by atoms with Crippen molar-refractivity contribution in [2.24, 2.45) is 0 Å². The molecular formula is C21H23NO3. The summed E-state index contributed by atoms with van der Waals surface area (Å²) in [5.41, 5.74) is 2.90. The van der Waals surface area contributed by atoms with Crippen LogP contribution in [0.2, 0.25) is 0 Å². The normalized spacial score (nSPS) is 10.1. The van der Waals surface area contributed by atoms with Crippen molar-refractivity contribution in [1.82, 2.24) is 0 Å². The van der Waals surface area contributed by atoms with Crippen molar-refractivity contribution < 1.29 is 14.3 Å². The smallest absolute Gasteiger partial charge is 0.330 e. The number of carbonyl (C=O) groups excluding carboxylic acids is 2. The van der Waals surface area contributed by atoms with Crippen molar-refractivity contribution in [1.29, 1.82) is 0 Å². The van der Waals surface area contributed by atoms with E-state index < -0.39 is 5.97 Å². The Balaban J connectivity index is 1.80. The first-order chi connectivity index (χ1) is 12.2. The van der Waals surface area contributed by atoms with Crippen LogP contribution < -0.4 is 5.32 Å². The number of amides is 1. The van der Waals surface area contributed by atoms with Gasteiger partial charge in [-0.25, -0.2) is 4.79 Å².